The molecule has 0 saturated heterocycles. The van der Waals surface area contributed by atoms with Crippen molar-refractivity contribution in [3.8, 4) is 0 Å². The van der Waals surface area contributed by atoms with Crippen LogP contribution in [0.15, 0.2) is 22.9 Å². The van der Waals surface area contributed by atoms with Crippen molar-refractivity contribution >= 4 is 25.8 Å². The Bertz CT molecular complexity index is 608. The fraction of sp³-hybridized carbons (Fsp3) is 0.611. The highest BCUT2D eigenvalue weighted by Gasteiger charge is 2.56. The van der Waals surface area contributed by atoms with Crippen molar-refractivity contribution < 1.29 is 23.9 Å². The molecule has 1 fully saturated rings. The van der Waals surface area contributed by atoms with Crippen LogP contribution in [0.1, 0.15) is 25.7 Å². The smallest absolute Gasteiger partial charge is 0.323 e. The maximum Gasteiger partial charge on any atom is 0.323 e. The van der Waals surface area contributed by atoms with Crippen LogP contribution in [0.2, 0.25) is 19.6 Å². The van der Waals surface area contributed by atoms with E-state index in [1.54, 1.807) is 0 Å². The first-order valence-corrected chi connectivity index (χ1v) is 11.8. The molecule has 1 unspecified atom stereocenters. The summed E-state index contributed by atoms with van der Waals surface area (Å²) >= 11 is 0. The topological polar surface area (TPSA) is 69.7 Å². The van der Waals surface area contributed by atoms with Crippen molar-refractivity contribution in [2.24, 2.45) is 11.3 Å². The highest BCUT2D eigenvalue weighted by molar-refractivity contribution is 6.87. The van der Waals surface area contributed by atoms with Gasteiger partial charge < -0.3 is 9.47 Å². The first-order chi connectivity index (χ1) is 11.2. The standard InChI is InChI=1S/C18H26O5Si/c1-22-16(20)18(17(21)23-2)10-12-8-6-7-9-14(19)15(13(12)11-18)24(3,4)5/h6,8,12H,7,9-11H2,1-5H3/b8-6-,15-13+. The minimum Gasteiger partial charge on any atom is -0.468 e. The fourth-order valence-corrected chi connectivity index (χ4v) is 6.15. The van der Waals surface area contributed by atoms with Gasteiger partial charge in [0.1, 0.15) is 0 Å². The summed E-state index contributed by atoms with van der Waals surface area (Å²) in [7, 11) is 0.640. The number of hydrogen-bond acceptors (Lipinski definition) is 5. The third-order valence-corrected chi connectivity index (χ3v) is 7.02. The third kappa shape index (κ3) is 3.11. The zero-order valence-electron chi connectivity index (χ0n) is 15.1. The molecule has 1 atom stereocenters. The largest absolute Gasteiger partial charge is 0.468 e. The van der Waals surface area contributed by atoms with Crippen LogP contribution in [0.3, 0.4) is 0 Å². The van der Waals surface area contributed by atoms with E-state index >= 15 is 0 Å². The first-order valence-electron chi connectivity index (χ1n) is 8.27. The maximum absolute atomic E-state index is 12.8. The van der Waals surface area contributed by atoms with Crippen molar-refractivity contribution in [2.45, 2.75) is 45.3 Å². The molecule has 5 nitrogen and oxygen atoms in total. The Morgan fingerprint density at radius 1 is 1.17 bits per heavy atom. The van der Waals surface area contributed by atoms with Crippen LogP contribution in [-0.2, 0) is 23.9 Å². The van der Waals surface area contributed by atoms with E-state index in [0.29, 0.717) is 19.3 Å². The van der Waals surface area contributed by atoms with Gasteiger partial charge in [0, 0.05) is 6.42 Å². The monoisotopic (exact) mass is 350 g/mol. The summed E-state index contributed by atoms with van der Waals surface area (Å²) in [4.78, 5) is 37.6. The number of rotatable bonds is 3. The quantitative estimate of drug-likeness (QED) is 0.339. The van der Waals surface area contributed by atoms with E-state index in [1.807, 2.05) is 12.2 Å². The van der Waals surface area contributed by atoms with Gasteiger partial charge in [-0.05, 0) is 30.4 Å². The molecule has 0 bridgehead atoms. The molecule has 2 aliphatic rings. The molecule has 132 valence electrons. The van der Waals surface area contributed by atoms with Gasteiger partial charge in [0.2, 0.25) is 0 Å². The number of hydrogen-bond donors (Lipinski definition) is 0. The fourth-order valence-electron chi connectivity index (χ4n) is 3.95. The molecule has 0 N–H and O–H groups in total. The number of methoxy groups -OCH3 is 2. The molecule has 0 amide bonds. The molecular formula is C18H26O5Si. The Hall–Kier alpha value is -1.69. The van der Waals surface area contributed by atoms with E-state index in [-0.39, 0.29) is 18.1 Å². The molecule has 0 radical (unpaired) electrons. The van der Waals surface area contributed by atoms with Gasteiger partial charge in [-0.1, -0.05) is 37.4 Å². The maximum atomic E-state index is 12.8. The third-order valence-electron chi connectivity index (χ3n) is 4.92. The average molecular weight is 350 g/mol. The van der Waals surface area contributed by atoms with E-state index in [0.717, 1.165) is 10.8 Å². The van der Waals surface area contributed by atoms with Gasteiger partial charge in [-0.2, -0.15) is 0 Å². The van der Waals surface area contributed by atoms with E-state index in [1.165, 1.54) is 14.2 Å². The molecule has 0 aromatic carbocycles. The number of ketones is 1. The lowest BCUT2D eigenvalue weighted by Crippen LogP contribution is -2.39. The normalized spacial score (nSPS) is 27.7. The second kappa shape index (κ2) is 6.67. The van der Waals surface area contributed by atoms with E-state index in [2.05, 4.69) is 19.6 Å². The molecule has 2 aliphatic carbocycles. The van der Waals surface area contributed by atoms with Crippen molar-refractivity contribution in [3.05, 3.63) is 22.9 Å². The summed E-state index contributed by atoms with van der Waals surface area (Å²) in [6.07, 6.45) is 5.71. The molecule has 24 heavy (non-hydrogen) atoms. The van der Waals surface area contributed by atoms with Crippen molar-refractivity contribution in [2.75, 3.05) is 14.2 Å². The predicted molar refractivity (Wildman–Crippen MR) is 92.9 cm³/mol. The summed E-state index contributed by atoms with van der Waals surface area (Å²) in [5, 5.41) is 0.881. The number of allylic oxidation sites excluding steroid dienone is 4. The highest BCUT2D eigenvalue weighted by Crippen LogP contribution is 2.50. The molecule has 1 saturated carbocycles. The second-order valence-electron chi connectivity index (χ2n) is 7.59. The summed E-state index contributed by atoms with van der Waals surface area (Å²) in [6, 6.07) is 0. The number of ether oxygens (including phenoxy) is 2. The molecule has 0 aromatic heterocycles. The molecule has 0 aromatic rings. The van der Waals surface area contributed by atoms with Crippen LogP contribution in [0, 0.1) is 11.3 Å². The number of fused-ring (bicyclic) bond motifs is 1. The average Bonchev–Trinajstić information content (AvgIpc) is 2.86. The Balaban J connectivity index is 2.65. The minimum atomic E-state index is -1.92. The van der Waals surface area contributed by atoms with Crippen molar-refractivity contribution in [1.82, 2.24) is 0 Å². The lowest BCUT2D eigenvalue weighted by atomic mass is 9.85. The molecule has 2 rings (SSSR count). The molecule has 0 spiro atoms. The van der Waals surface area contributed by atoms with Crippen molar-refractivity contribution in [3.63, 3.8) is 0 Å². The van der Waals surface area contributed by atoms with Crippen LogP contribution in [0.5, 0.6) is 0 Å². The van der Waals surface area contributed by atoms with Crippen molar-refractivity contribution in [1.29, 1.82) is 0 Å². The summed E-state index contributed by atoms with van der Waals surface area (Å²) < 4.78 is 9.83. The van der Waals surface area contributed by atoms with E-state index < -0.39 is 25.4 Å². The van der Waals surface area contributed by atoms with Gasteiger partial charge in [0.15, 0.2) is 11.2 Å². The second-order valence-corrected chi connectivity index (χ2v) is 12.6. The van der Waals surface area contributed by atoms with Crippen LogP contribution in [0.25, 0.3) is 0 Å². The highest BCUT2D eigenvalue weighted by atomic mass is 28.3. The first kappa shape index (κ1) is 18.6. The number of carbonyl (C=O) groups excluding carboxylic acids is 3. The van der Waals surface area contributed by atoms with Gasteiger partial charge in [-0.25, -0.2) is 0 Å². The van der Waals surface area contributed by atoms with Crippen LogP contribution in [-0.4, -0.2) is 40.0 Å². The van der Waals surface area contributed by atoms with Crippen LogP contribution < -0.4 is 0 Å². The lowest BCUT2D eigenvalue weighted by molar-refractivity contribution is -0.168. The number of Topliss-reactive ketones (excluding diaryl/α,β-unsaturated/α-hetero) is 1. The predicted octanol–water partition coefficient (Wildman–Crippen LogP) is 2.82. The Morgan fingerprint density at radius 2 is 1.75 bits per heavy atom. The Kier molecular flexibility index (Phi) is 5.18. The van der Waals surface area contributed by atoms with Gasteiger partial charge in [0.25, 0.3) is 0 Å². The van der Waals surface area contributed by atoms with E-state index in [4.69, 9.17) is 9.47 Å². The zero-order valence-corrected chi connectivity index (χ0v) is 16.1. The summed E-state index contributed by atoms with van der Waals surface area (Å²) in [5.74, 6) is -1.09. The molecule has 6 heteroatoms. The molecular weight excluding hydrogens is 324 g/mol. The van der Waals surface area contributed by atoms with Crippen LogP contribution >= 0.6 is 0 Å². The lowest BCUT2D eigenvalue weighted by Gasteiger charge is -2.26. The summed E-state index contributed by atoms with van der Waals surface area (Å²) in [6.45, 7) is 6.39. The van der Waals surface area contributed by atoms with Gasteiger partial charge in [-0.15, -0.1) is 0 Å². The number of carbonyl (C=O) groups is 3. The molecule has 0 heterocycles. The van der Waals surface area contributed by atoms with Gasteiger partial charge in [0.05, 0.1) is 22.3 Å². The minimum absolute atomic E-state index is 0.0887. The molecule has 0 aliphatic heterocycles. The van der Waals surface area contributed by atoms with E-state index in [9.17, 15) is 14.4 Å². The van der Waals surface area contributed by atoms with Gasteiger partial charge >= 0.3 is 11.9 Å². The van der Waals surface area contributed by atoms with Crippen LogP contribution in [0.4, 0.5) is 0 Å². The number of esters is 2. The SMILES string of the molecule is COC(=O)C1(C(=O)OC)C/C2=C(\[Si](C)(C)C)C(=O)CC/C=C\C2C1. The Labute approximate surface area is 144 Å². The summed E-state index contributed by atoms with van der Waals surface area (Å²) in [5.41, 5.74) is -0.408. The van der Waals surface area contributed by atoms with Gasteiger partial charge in [-0.3, -0.25) is 14.4 Å². The Morgan fingerprint density at radius 3 is 2.25 bits per heavy atom. The zero-order chi connectivity index (χ0) is 18.1.